The minimum Gasteiger partial charge on any atom is -0.303 e. The minimum absolute atomic E-state index is 1.15. The molecule has 0 amide bonds. The summed E-state index contributed by atoms with van der Waals surface area (Å²) in [5, 5.41) is 0. The van der Waals surface area contributed by atoms with Crippen LogP contribution < -0.4 is 0 Å². The molecule has 2 rings (SSSR count). The molecule has 0 bridgehead atoms. The van der Waals surface area contributed by atoms with Gasteiger partial charge < -0.3 is 4.90 Å². The molecule has 1 nitrogen and oxygen atoms in total. The highest BCUT2D eigenvalue weighted by Crippen LogP contribution is 2.09. The summed E-state index contributed by atoms with van der Waals surface area (Å²) in [4.78, 5) is 2.57. The maximum atomic E-state index is 3.28. The first kappa shape index (κ1) is 9.72. The third kappa shape index (κ3) is 2.85. The zero-order valence-electron chi connectivity index (χ0n) is 8.71. The molecule has 1 aromatic rings. The third-order valence-electron chi connectivity index (χ3n) is 2.92. The van der Waals surface area contributed by atoms with Gasteiger partial charge in [-0.05, 0) is 44.0 Å². The first-order chi connectivity index (χ1) is 6.95. The third-order valence-corrected chi connectivity index (χ3v) is 2.92. The molecule has 0 atom stereocenters. The Morgan fingerprint density at radius 1 is 1.14 bits per heavy atom. The van der Waals surface area contributed by atoms with Gasteiger partial charge in [0, 0.05) is 6.54 Å². The Bertz CT molecular complexity index is 249. The number of benzene rings is 1. The predicted molar refractivity (Wildman–Crippen MR) is 59.3 cm³/mol. The van der Waals surface area contributed by atoms with Crippen molar-refractivity contribution in [2.75, 3.05) is 19.6 Å². The monoisotopic (exact) mass is 188 g/mol. The Morgan fingerprint density at radius 3 is 2.71 bits per heavy atom. The smallest absolute Gasteiger partial charge is 0.00220 e. The van der Waals surface area contributed by atoms with Crippen LogP contribution in [0.2, 0.25) is 0 Å². The van der Waals surface area contributed by atoms with Crippen LogP contribution in [0.1, 0.15) is 24.8 Å². The summed E-state index contributed by atoms with van der Waals surface area (Å²) in [6.07, 6.45) is 5.35. The van der Waals surface area contributed by atoms with Crippen molar-refractivity contribution in [2.45, 2.75) is 25.7 Å². The van der Waals surface area contributed by atoms with Gasteiger partial charge in [0.15, 0.2) is 0 Å². The van der Waals surface area contributed by atoms with Gasteiger partial charge in [-0.3, -0.25) is 0 Å². The van der Waals surface area contributed by atoms with Gasteiger partial charge in [0.25, 0.3) is 0 Å². The Balaban J connectivity index is 1.76. The molecular formula is C13H18N. The maximum absolute atomic E-state index is 3.28. The average molecular weight is 188 g/mol. The second-order valence-corrected chi connectivity index (χ2v) is 4.04. The van der Waals surface area contributed by atoms with E-state index in [0.717, 1.165) is 6.42 Å². The molecule has 0 unspecified atom stereocenters. The zero-order valence-corrected chi connectivity index (χ0v) is 8.71. The summed E-state index contributed by atoms with van der Waals surface area (Å²) < 4.78 is 0. The van der Waals surface area contributed by atoms with Crippen LogP contribution in [-0.2, 0) is 6.42 Å². The van der Waals surface area contributed by atoms with Crippen molar-refractivity contribution in [3.05, 3.63) is 35.9 Å². The molecule has 1 heteroatoms. The first-order valence-corrected chi connectivity index (χ1v) is 5.63. The molecule has 0 aliphatic carbocycles. The largest absolute Gasteiger partial charge is 0.303 e. The standard InChI is InChI=1S/C13H18N/c1-3-7-13(8-4-1)9-12-14-10-5-2-6-11-14/h1,3-4,7H,2,5-6,9-12H2. The van der Waals surface area contributed by atoms with E-state index in [1.54, 1.807) is 0 Å². The Morgan fingerprint density at radius 2 is 2.00 bits per heavy atom. The summed E-state index contributed by atoms with van der Waals surface area (Å²) in [5.41, 5.74) is 1.35. The van der Waals surface area contributed by atoms with E-state index in [1.807, 2.05) is 12.1 Å². The molecule has 75 valence electrons. The van der Waals surface area contributed by atoms with Crippen LogP contribution in [0.3, 0.4) is 0 Å². The minimum atomic E-state index is 1.15. The van der Waals surface area contributed by atoms with Crippen LogP contribution in [0.25, 0.3) is 0 Å². The number of rotatable bonds is 3. The normalized spacial score (nSPS) is 18.3. The Kier molecular flexibility index (Phi) is 3.58. The van der Waals surface area contributed by atoms with Gasteiger partial charge in [-0.2, -0.15) is 0 Å². The van der Waals surface area contributed by atoms with E-state index in [2.05, 4.69) is 23.1 Å². The van der Waals surface area contributed by atoms with E-state index in [4.69, 9.17) is 0 Å². The number of likely N-dealkylation sites (tertiary alicyclic amines) is 1. The van der Waals surface area contributed by atoms with Crippen molar-refractivity contribution in [3.8, 4) is 0 Å². The maximum Gasteiger partial charge on any atom is 0.00220 e. The quantitative estimate of drug-likeness (QED) is 0.704. The van der Waals surface area contributed by atoms with Gasteiger partial charge in [-0.15, -0.1) is 0 Å². The van der Waals surface area contributed by atoms with Gasteiger partial charge >= 0.3 is 0 Å². The van der Waals surface area contributed by atoms with Gasteiger partial charge in [0.2, 0.25) is 0 Å². The topological polar surface area (TPSA) is 3.24 Å². The summed E-state index contributed by atoms with van der Waals surface area (Å²) >= 11 is 0. The number of hydrogen-bond acceptors (Lipinski definition) is 1. The van der Waals surface area contributed by atoms with Crippen molar-refractivity contribution in [2.24, 2.45) is 0 Å². The van der Waals surface area contributed by atoms with Crippen LogP contribution in [-0.4, -0.2) is 24.5 Å². The van der Waals surface area contributed by atoms with Gasteiger partial charge in [-0.1, -0.05) is 30.7 Å². The molecule has 1 aliphatic heterocycles. The second-order valence-electron chi connectivity index (χ2n) is 4.04. The molecular weight excluding hydrogens is 170 g/mol. The molecule has 1 fully saturated rings. The van der Waals surface area contributed by atoms with Crippen LogP contribution in [0.4, 0.5) is 0 Å². The van der Waals surface area contributed by atoms with Crippen molar-refractivity contribution < 1.29 is 0 Å². The predicted octanol–water partition coefficient (Wildman–Crippen LogP) is 2.52. The van der Waals surface area contributed by atoms with Crippen LogP contribution in [0.15, 0.2) is 24.3 Å². The lowest BCUT2D eigenvalue weighted by Crippen LogP contribution is -2.31. The Labute approximate surface area is 86.7 Å². The van der Waals surface area contributed by atoms with E-state index in [-0.39, 0.29) is 0 Å². The summed E-state index contributed by atoms with van der Waals surface area (Å²) in [7, 11) is 0. The molecule has 0 saturated carbocycles. The number of piperidine rings is 1. The fourth-order valence-corrected chi connectivity index (χ4v) is 2.05. The van der Waals surface area contributed by atoms with E-state index >= 15 is 0 Å². The van der Waals surface area contributed by atoms with Crippen LogP contribution >= 0.6 is 0 Å². The van der Waals surface area contributed by atoms with Crippen LogP contribution in [0.5, 0.6) is 0 Å². The highest BCUT2D eigenvalue weighted by atomic mass is 15.1. The van der Waals surface area contributed by atoms with E-state index in [1.165, 1.54) is 44.5 Å². The highest BCUT2D eigenvalue weighted by molar-refractivity contribution is 5.13. The van der Waals surface area contributed by atoms with Crippen molar-refractivity contribution in [3.63, 3.8) is 0 Å². The number of hydrogen-bond donors (Lipinski definition) is 0. The lowest BCUT2D eigenvalue weighted by atomic mass is 10.1. The highest BCUT2D eigenvalue weighted by Gasteiger charge is 2.08. The van der Waals surface area contributed by atoms with Gasteiger partial charge in [0.1, 0.15) is 0 Å². The number of nitrogens with zero attached hydrogens (tertiary/aromatic N) is 1. The summed E-state index contributed by atoms with van der Waals surface area (Å²) in [5.74, 6) is 0. The van der Waals surface area contributed by atoms with E-state index < -0.39 is 0 Å². The fraction of sp³-hybridized carbons (Fsp3) is 0.538. The lowest BCUT2D eigenvalue weighted by molar-refractivity contribution is 0.231. The summed E-state index contributed by atoms with van der Waals surface area (Å²) in [6.45, 7) is 3.81. The average Bonchev–Trinajstić information content (AvgIpc) is 2.29. The zero-order chi connectivity index (χ0) is 9.64. The van der Waals surface area contributed by atoms with Crippen molar-refractivity contribution in [1.29, 1.82) is 0 Å². The fourth-order valence-electron chi connectivity index (χ4n) is 2.05. The molecule has 1 aliphatic rings. The first-order valence-electron chi connectivity index (χ1n) is 5.63. The Hall–Kier alpha value is -0.820. The van der Waals surface area contributed by atoms with Crippen molar-refractivity contribution >= 4 is 0 Å². The van der Waals surface area contributed by atoms with E-state index in [0.29, 0.717) is 0 Å². The van der Waals surface area contributed by atoms with Gasteiger partial charge in [0.05, 0.1) is 0 Å². The lowest BCUT2D eigenvalue weighted by Gasteiger charge is -2.26. The molecule has 0 aromatic heterocycles. The van der Waals surface area contributed by atoms with Crippen LogP contribution in [0, 0.1) is 6.07 Å². The van der Waals surface area contributed by atoms with Crippen molar-refractivity contribution in [1.82, 2.24) is 4.90 Å². The SMILES string of the molecule is [c]1ccccc1CCN1CCCCC1. The second kappa shape index (κ2) is 5.16. The molecule has 14 heavy (non-hydrogen) atoms. The van der Waals surface area contributed by atoms with E-state index in [9.17, 15) is 0 Å². The molecule has 1 heterocycles. The molecule has 0 N–H and O–H groups in total. The molecule has 1 saturated heterocycles. The molecule has 1 radical (unpaired) electrons. The summed E-state index contributed by atoms with van der Waals surface area (Å²) in [6, 6.07) is 11.6. The van der Waals surface area contributed by atoms with Gasteiger partial charge in [-0.25, -0.2) is 0 Å². The molecule has 0 spiro atoms. The molecule has 1 aromatic carbocycles.